The van der Waals surface area contributed by atoms with Gasteiger partial charge in [0, 0.05) is 61.1 Å². The zero-order chi connectivity index (χ0) is 29.2. The van der Waals surface area contributed by atoms with Gasteiger partial charge in [0.25, 0.3) is 5.91 Å². The molecule has 216 valence electrons. The number of aryl methyl sites for hydroxylation is 1. The van der Waals surface area contributed by atoms with E-state index in [2.05, 4.69) is 27.2 Å². The van der Waals surface area contributed by atoms with Crippen LogP contribution in [0.3, 0.4) is 0 Å². The molecule has 8 rings (SSSR count). The second kappa shape index (κ2) is 10.1. The molecule has 5 heterocycles. The molecular formula is C33H30FN7O2. The molecule has 10 heteroatoms. The number of ether oxygens (including phenoxy) is 1. The first-order chi connectivity index (χ1) is 21.0. The van der Waals surface area contributed by atoms with E-state index < -0.39 is 0 Å². The number of nitriles is 1. The second-order valence-electron chi connectivity index (χ2n) is 12.1. The molecule has 4 aliphatic rings. The summed E-state index contributed by atoms with van der Waals surface area (Å²) < 4.78 is 23.2. The molecule has 0 N–H and O–H groups in total. The smallest absolute Gasteiger partial charge is 0.260 e. The fourth-order valence-corrected chi connectivity index (χ4v) is 6.91. The van der Waals surface area contributed by atoms with Crippen molar-refractivity contribution < 1.29 is 13.9 Å². The molecule has 0 radical (unpaired) electrons. The number of likely N-dealkylation sites (tertiary alicyclic amines) is 1. The number of hydrogen-bond donors (Lipinski definition) is 0. The number of amides is 1. The van der Waals surface area contributed by atoms with E-state index in [1.807, 2.05) is 35.9 Å². The highest BCUT2D eigenvalue weighted by Crippen LogP contribution is 2.43. The highest BCUT2D eigenvalue weighted by atomic mass is 19.1. The van der Waals surface area contributed by atoms with Gasteiger partial charge in [0.15, 0.2) is 5.82 Å². The molecule has 1 aliphatic carbocycles. The number of carbonyl (C=O) groups is 1. The maximum atomic E-state index is 15.6. The Kier molecular flexibility index (Phi) is 6.13. The summed E-state index contributed by atoms with van der Waals surface area (Å²) in [5.74, 6) is 0.866. The molecule has 2 aromatic carbocycles. The summed E-state index contributed by atoms with van der Waals surface area (Å²) in [6.45, 7) is 2.42. The standard InChI is InChI=1S/C33H30FN7O2/c1-39-18-36-38-32(39)24-10-19(15-35)2-5-23(24)22-13-28(21-3-4-21)37-31(14-22)41-17-26-25(33(41)42)11-20(12-27(26)34)16-40-8-6-30-29(40)7-9-43-30/h2,5,10-14,18,21,29-30H,3-4,6-9,16-17H2,1H3. The van der Waals surface area contributed by atoms with Crippen LogP contribution in [0.15, 0.2) is 48.8 Å². The van der Waals surface area contributed by atoms with E-state index >= 15 is 4.39 Å². The van der Waals surface area contributed by atoms with E-state index in [4.69, 9.17) is 9.72 Å². The van der Waals surface area contributed by atoms with Crippen molar-refractivity contribution in [3.63, 3.8) is 0 Å². The normalized spacial score (nSPS) is 21.3. The van der Waals surface area contributed by atoms with Crippen molar-refractivity contribution in [1.29, 1.82) is 5.26 Å². The minimum atomic E-state index is -0.350. The van der Waals surface area contributed by atoms with E-state index in [0.29, 0.717) is 46.8 Å². The highest BCUT2D eigenvalue weighted by Gasteiger charge is 2.39. The van der Waals surface area contributed by atoms with Gasteiger partial charge in [-0.05, 0) is 78.8 Å². The van der Waals surface area contributed by atoms with E-state index in [1.165, 1.54) is 0 Å². The fourth-order valence-electron chi connectivity index (χ4n) is 6.91. The third kappa shape index (κ3) is 4.51. The van der Waals surface area contributed by atoms with Gasteiger partial charge in [-0.25, -0.2) is 9.37 Å². The number of rotatable bonds is 6. The third-order valence-electron chi connectivity index (χ3n) is 9.29. The van der Waals surface area contributed by atoms with Gasteiger partial charge in [-0.15, -0.1) is 10.2 Å². The Morgan fingerprint density at radius 2 is 1.95 bits per heavy atom. The average molecular weight is 576 g/mol. The first-order valence-electron chi connectivity index (χ1n) is 14.9. The molecule has 0 bridgehead atoms. The Labute approximate surface area is 248 Å². The van der Waals surface area contributed by atoms with Gasteiger partial charge in [0.1, 0.15) is 18.0 Å². The Balaban J connectivity index is 1.16. The van der Waals surface area contributed by atoms with Crippen LogP contribution in [-0.2, 0) is 24.9 Å². The van der Waals surface area contributed by atoms with Crippen molar-refractivity contribution in [1.82, 2.24) is 24.6 Å². The van der Waals surface area contributed by atoms with Crippen molar-refractivity contribution in [2.75, 3.05) is 18.1 Å². The molecule has 43 heavy (non-hydrogen) atoms. The van der Waals surface area contributed by atoms with Crippen LogP contribution >= 0.6 is 0 Å². The van der Waals surface area contributed by atoms with Crippen molar-refractivity contribution in [3.05, 3.63) is 82.6 Å². The van der Waals surface area contributed by atoms with E-state index in [1.54, 1.807) is 23.4 Å². The molecule has 1 saturated carbocycles. The van der Waals surface area contributed by atoms with Gasteiger partial charge in [-0.3, -0.25) is 14.6 Å². The van der Waals surface area contributed by atoms with Crippen LogP contribution in [0, 0.1) is 17.1 Å². The molecule has 0 spiro atoms. The van der Waals surface area contributed by atoms with Crippen LogP contribution in [0.4, 0.5) is 10.2 Å². The molecule has 4 aromatic rings. The molecule has 1 amide bonds. The summed E-state index contributed by atoms with van der Waals surface area (Å²) in [7, 11) is 1.86. The van der Waals surface area contributed by atoms with Gasteiger partial charge in [-0.2, -0.15) is 5.26 Å². The number of fused-ring (bicyclic) bond motifs is 2. The molecule has 3 aliphatic heterocycles. The number of benzene rings is 2. The Morgan fingerprint density at radius 1 is 1.07 bits per heavy atom. The summed E-state index contributed by atoms with van der Waals surface area (Å²) in [5.41, 5.74) is 5.54. The van der Waals surface area contributed by atoms with Gasteiger partial charge in [0.05, 0.1) is 24.3 Å². The van der Waals surface area contributed by atoms with Crippen molar-refractivity contribution in [2.45, 2.75) is 56.8 Å². The summed E-state index contributed by atoms with van der Waals surface area (Å²) in [6.07, 6.45) is 5.95. The van der Waals surface area contributed by atoms with Crippen LogP contribution in [0.2, 0.25) is 0 Å². The third-order valence-corrected chi connectivity index (χ3v) is 9.29. The van der Waals surface area contributed by atoms with Crippen molar-refractivity contribution >= 4 is 11.7 Å². The predicted octanol–water partition coefficient (Wildman–Crippen LogP) is 4.96. The van der Waals surface area contributed by atoms with Crippen molar-refractivity contribution in [2.24, 2.45) is 7.05 Å². The predicted molar refractivity (Wildman–Crippen MR) is 156 cm³/mol. The topological polar surface area (TPSA) is 100 Å². The average Bonchev–Trinajstić information content (AvgIpc) is 3.26. The lowest BCUT2D eigenvalue weighted by Gasteiger charge is -2.22. The maximum Gasteiger partial charge on any atom is 0.260 e. The number of aromatic nitrogens is 4. The van der Waals surface area contributed by atoms with Crippen LogP contribution in [-0.4, -0.2) is 55.9 Å². The number of halogens is 1. The van der Waals surface area contributed by atoms with Gasteiger partial charge < -0.3 is 9.30 Å². The largest absolute Gasteiger partial charge is 0.376 e. The Morgan fingerprint density at radius 3 is 2.74 bits per heavy atom. The fraction of sp³-hybridized carbons (Fsp3) is 0.364. The zero-order valence-electron chi connectivity index (χ0n) is 23.8. The lowest BCUT2D eigenvalue weighted by atomic mass is 9.96. The molecule has 2 saturated heterocycles. The van der Waals surface area contributed by atoms with Gasteiger partial charge >= 0.3 is 0 Å². The molecule has 2 unspecified atom stereocenters. The minimum Gasteiger partial charge on any atom is -0.376 e. The maximum absolute atomic E-state index is 15.6. The highest BCUT2D eigenvalue weighted by molar-refractivity contribution is 6.10. The van der Waals surface area contributed by atoms with Crippen molar-refractivity contribution in [3.8, 4) is 28.6 Å². The number of anilines is 1. The van der Waals surface area contributed by atoms with E-state index in [0.717, 1.165) is 66.8 Å². The van der Waals surface area contributed by atoms with Crippen LogP contribution < -0.4 is 4.90 Å². The monoisotopic (exact) mass is 575 g/mol. The van der Waals surface area contributed by atoms with Gasteiger partial charge in [-0.1, -0.05) is 6.07 Å². The number of hydrogen-bond acceptors (Lipinski definition) is 7. The zero-order valence-corrected chi connectivity index (χ0v) is 23.8. The Hall–Kier alpha value is -4.46. The lowest BCUT2D eigenvalue weighted by molar-refractivity contribution is 0.0995. The summed E-state index contributed by atoms with van der Waals surface area (Å²) in [5, 5.41) is 17.9. The van der Waals surface area contributed by atoms with Crippen LogP contribution in [0.5, 0.6) is 0 Å². The first kappa shape index (κ1) is 26.2. The number of carbonyl (C=O) groups excluding carboxylic acids is 1. The van der Waals surface area contributed by atoms with Gasteiger partial charge in [0.2, 0.25) is 0 Å². The molecule has 3 fully saturated rings. The van der Waals surface area contributed by atoms with E-state index in [9.17, 15) is 10.1 Å². The molecule has 2 aromatic heterocycles. The molecular weight excluding hydrogens is 545 g/mol. The second-order valence-corrected chi connectivity index (χ2v) is 12.1. The Bertz CT molecular complexity index is 1820. The van der Waals surface area contributed by atoms with E-state index in [-0.39, 0.29) is 24.4 Å². The van der Waals surface area contributed by atoms with Crippen LogP contribution in [0.25, 0.3) is 22.5 Å². The number of nitrogens with zero attached hydrogens (tertiary/aromatic N) is 7. The number of pyridine rings is 1. The summed E-state index contributed by atoms with van der Waals surface area (Å²) >= 11 is 0. The quantitative estimate of drug-likeness (QED) is 0.321. The summed E-state index contributed by atoms with van der Waals surface area (Å²) in [4.78, 5) is 22.8. The lowest BCUT2D eigenvalue weighted by Crippen LogP contribution is -2.31. The SMILES string of the molecule is Cn1cnnc1-c1cc(C#N)ccc1-c1cc(C2CC2)nc(N2Cc3c(F)cc(CN4CCC5OCCC54)cc3C2=O)c1. The molecule has 2 atom stereocenters. The first-order valence-corrected chi connectivity index (χ1v) is 14.9. The van der Waals surface area contributed by atoms with Crippen LogP contribution in [0.1, 0.15) is 64.3 Å². The molecule has 9 nitrogen and oxygen atoms in total. The minimum absolute atomic E-state index is 0.132. The summed E-state index contributed by atoms with van der Waals surface area (Å²) in [6, 6.07) is 15.5.